The molecule has 1 aliphatic rings. The molecular formula is C15H14N2O4. The number of carboxylic acid groups (broad SMARTS) is 1. The molecule has 1 atom stereocenters. The normalized spacial score (nSPS) is 16.8. The molecule has 0 saturated heterocycles. The van der Waals surface area contributed by atoms with E-state index in [1.54, 1.807) is 18.2 Å². The van der Waals surface area contributed by atoms with E-state index in [0.29, 0.717) is 17.9 Å². The van der Waals surface area contributed by atoms with Gasteiger partial charge in [0.1, 0.15) is 11.8 Å². The van der Waals surface area contributed by atoms with E-state index in [2.05, 4.69) is 0 Å². The van der Waals surface area contributed by atoms with Gasteiger partial charge in [-0.2, -0.15) is 0 Å². The van der Waals surface area contributed by atoms with E-state index < -0.39 is 17.9 Å². The molecule has 1 aromatic carbocycles. The molecule has 0 bridgehead atoms. The van der Waals surface area contributed by atoms with Crippen LogP contribution in [-0.2, 0) is 17.8 Å². The first kappa shape index (κ1) is 13.4. The van der Waals surface area contributed by atoms with E-state index in [1.807, 2.05) is 12.1 Å². The summed E-state index contributed by atoms with van der Waals surface area (Å²) < 4.78 is 5.34. The number of benzene rings is 1. The second kappa shape index (κ2) is 5.06. The summed E-state index contributed by atoms with van der Waals surface area (Å²) in [6, 6.07) is 9.38. The number of carboxylic acids is 1. The fourth-order valence-corrected chi connectivity index (χ4v) is 2.56. The third kappa shape index (κ3) is 2.19. The van der Waals surface area contributed by atoms with Crippen LogP contribution in [0.4, 0.5) is 5.69 Å². The second-order valence-corrected chi connectivity index (χ2v) is 4.83. The Bertz CT molecular complexity index is 707. The average molecular weight is 286 g/mol. The fraction of sp³-hybridized carbons (Fsp3) is 0.200. The largest absolute Gasteiger partial charge is 0.480 e. The number of carbonyl (C=O) groups is 2. The van der Waals surface area contributed by atoms with Gasteiger partial charge in [-0.05, 0) is 23.8 Å². The Labute approximate surface area is 120 Å². The number of para-hydroxylation sites is 1. The number of carbonyl (C=O) groups excluding carboxylic acids is 1. The number of amides is 1. The Hall–Kier alpha value is -2.60. The van der Waals surface area contributed by atoms with Gasteiger partial charge in [0.15, 0.2) is 5.76 Å². The van der Waals surface area contributed by atoms with E-state index in [-0.39, 0.29) is 12.3 Å². The molecule has 0 saturated carbocycles. The summed E-state index contributed by atoms with van der Waals surface area (Å²) in [5.74, 6) is -0.923. The first-order valence-electron chi connectivity index (χ1n) is 6.55. The second-order valence-electron chi connectivity index (χ2n) is 4.83. The smallest absolute Gasteiger partial charge is 0.327 e. The first-order chi connectivity index (χ1) is 10.1. The number of hydrogen-bond acceptors (Lipinski definition) is 4. The van der Waals surface area contributed by atoms with Crippen LogP contribution in [0.15, 0.2) is 40.8 Å². The van der Waals surface area contributed by atoms with Gasteiger partial charge in [0.2, 0.25) is 0 Å². The predicted molar refractivity (Wildman–Crippen MR) is 75.0 cm³/mol. The molecule has 1 amide bonds. The molecule has 2 heterocycles. The summed E-state index contributed by atoms with van der Waals surface area (Å²) in [5.41, 5.74) is 6.90. The summed E-state index contributed by atoms with van der Waals surface area (Å²) in [6.45, 7) is 0.187. The van der Waals surface area contributed by atoms with Crippen LogP contribution in [0.25, 0.3) is 0 Å². The highest BCUT2D eigenvalue weighted by Gasteiger charge is 2.39. The summed E-state index contributed by atoms with van der Waals surface area (Å²) in [5, 5.41) is 9.36. The Morgan fingerprint density at radius 3 is 2.71 bits per heavy atom. The number of nitrogens with zero attached hydrogens (tertiary/aromatic N) is 1. The van der Waals surface area contributed by atoms with Crippen molar-refractivity contribution in [1.82, 2.24) is 0 Å². The molecular weight excluding hydrogens is 272 g/mol. The van der Waals surface area contributed by atoms with Crippen molar-refractivity contribution in [1.29, 1.82) is 0 Å². The zero-order valence-electron chi connectivity index (χ0n) is 11.2. The summed E-state index contributed by atoms with van der Waals surface area (Å²) in [6.07, 6.45) is 0.293. The maximum Gasteiger partial charge on any atom is 0.327 e. The topological polar surface area (TPSA) is 96.8 Å². The van der Waals surface area contributed by atoms with Gasteiger partial charge in [-0.1, -0.05) is 18.2 Å². The minimum absolute atomic E-state index is 0.0957. The standard InChI is InChI=1S/C15H14N2O4/c16-8-10-5-6-13(21-10)14(18)17-11-4-2-1-3-9(11)7-12(17)15(19)20/h1-6,12H,7-8,16H2,(H,19,20)/t12-/m0/s1. The number of hydrogen-bond donors (Lipinski definition) is 2. The SMILES string of the molecule is NCc1ccc(C(=O)N2c3ccccc3C[C@H]2C(=O)O)o1. The number of rotatable bonds is 3. The van der Waals surface area contributed by atoms with Crippen molar-refractivity contribution in [3.05, 3.63) is 53.5 Å². The fourth-order valence-electron chi connectivity index (χ4n) is 2.56. The zero-order chi connectivity index (χ0) is 15.0. The van der Waals surface area contributed by atoms with E-state index in [9.17, 15) is 14.7 Å². The molecule has 1 aliphatic heterocycles. The van der Waals surface area contributed by atoms with Gasteiger partial charge in [-0.15, -0.1) is 0 Å². The van der Waals surface area contributed by atoms with Crippen molar-refractivity contribution >= 4 is 17.6 Å². The predicted octanol–water partition coefficient (Wildman–Crippen LogP) is 1.39. The molecule has 0 aliphatic carbocycles. The molecule has 3 rings (SSSR count). The van der Waals surface area contributed by atoms with Crippen LogP contribution in [-0.4, -0.2) is 23.0 Å². The summed E-state index contributed by atoms with van der Waals surface area (Å²) >= 11 is 0. The van der Waals surface area contributed by atoms with Crippen LogP contribution < -0.4 is 10.6 Å². The van der Waals surface area contributed by atoms with Crippen LogP contribution in [0.3, 0.4) is 0 Å². The highest BCUT2D eigenvalue weighted by molar-refractivity contribution is 6.09. The number of furan rings is 1. The van der Waals surface area contributed by atoms with Crippen molar-refractivity contribution in [2.45, 2.75) is 19.0 Å². The van der Waals surface area contributed by atoms with Crippen LogP contribution in [0, 0.1) is 0 Å². The molecule has 3 N–H and O–H groups in total. The zero-order valence-corrected chi connectivity index (χ0v) is 11.2. The van der Waals surface area contributed by atoms with Gasteiger partial charge in [0.05, 0.1) is 6.54 Å². The lowest BCUT2D eigenvalue weighted by atomic mass is 10.1. The van der Waals surface area contributed by atoms with Gasteiger partial charge in [-0.3, -0.25) is 9.69 Å². The number of anilines is 1. The first-order valence-corrected chi connectivity index (χ1v) is 6.55. The Morgan fingerprint density at radius 2 is 2.05 bits per heavy atom. The molecule has 0 spiro atoms. The van der Waals surface area contributed by atoms with Crippen molar-refractivity contribution < 1.29 is 19.1 Å². The quantitative estimate of drug-likeness (QED) is 0.888. The molecule has 0 fully saturated rings. The van der Waals surface area contributed by atoms with Gasteiger partial charge in [0.25, 0.3) is 5.91 Å². The lowest BCUT2D eigenvalue weighted by molar-refractivity contribution is -0.138. The molecule has 21 heavy (non-hydrogen) atoms. The maximum absolute atomic E-state index is 12.6. The number of fused-ring (bicyclic) bond motifs is 1. The summed E-state index contributed by atoms with van der Waals surface area (Å²) in [7, 11) is 0. The molecule has 0 radical (unpaired) electrons. The number of aliphatic carboxylic acids is 1. The van der Waals surface area contributed by atoms with Gasteiger partial charge < -0.3 is 15.3 Å². The number of nitrogens with two attached hydrogens (primary N) is 1. The van der Waals surface area contributed by atoms with Gasteiger partial charge in [-0.25, -0.2) is 4.79 Å². The Morgan fingerprint density at radius 1 is 1.29 bits per heavy atom. The minimum Gasteiger partial charge on any atom is -0.480 e. The van der Waals surface area contributed by atoms with E-state index >= 15 is 0 Å². The highest BCUT2D eigenvalue weighted by atomic mass is 16.4. The van der Waals surface area contributed by atoms with Crippen LogP contribution in [0.1, 0.15) is 21.9 Å². The third-order valence-electron chi connectivity index (χ3n) is 3.55. The monoisotopic (exact) mass is 286 g/mol. The summed E-state index contributed by atoms with van der Waals surface area (Å²) in [4.78, 5) is 25.3. The van der Waals surface area contributed by atoms with Crippen LogP contribution >= 0.6 is 0 Å². The molecule has 6 heteroatoms. The van der Waals surface area contributed by atoms with E-state index in [1.165, 1.54) is 11.0 Å². The molecule has 108 valence electrons. The molecule has 0 unspecified atom stereocenters. The molecule has 2 aromatic rings. The van der Waals surface area contributed by atoms with E-state index in [0.717, 1.165) is 5.56 Å². The van der Waals surface area contributed by atoms with Gasteiger partial charge >= 0.3 is 5.97 Å². The Kier molecular flexibility index (Phi) is 3.23. The minimum atomic E-state index is -1.04. The lowest BCUT2D eigenvalue weighted by Gasteiger charge is -2.21. The highest BCUT2D eigenvalue weighted by Crippen LogP contribution is 2.33. The van der Waals surface area contributed by atoms with Crippen molar-refractivity contribution in [3.63, 3.8) is 0 Å². The lowest BCUT2D eigenvalue weighted by Crippen LogP contribution is -2.42. The van der Waals surface area contributed by atoms with Crippen molar-refractivity contribution in [2.75, 3.05) is 4.90 Å². The average Bonchev–Trinajstić information content (AvgIpc) is 3.11. The molecule has 1 aromatic heterocycles. The van der Waals surface area contributed by atoms with Crippen LogP contribution in [0.2, 0.25) is 0 Å². The Balaban J connectivity index is 2.01. The molecule has 6 nitrogen and oxygen atoms in total. The van der Waals surface area contributed by atoms with E-state index in [4.69, 9.17) is 10.2 Å². The van der Waals surface area contributed by atoms with Crippen LogP contribution in [0.5, 0.6) is 0 Å². The van der Waals surface area contributed by atoms with Crippen molar-refractivity contribution in [2.24, 2.45) is 5.73 Å². The third-order valence-corrected chi connectivity index (χ3v) is 3.55. The van der Waals surface area contributed by atoms with Gasteiger partial charge in [0, 0.05) is 12.1 Å². The maximum atomic E-state index is 12.6. The van der Waals surface area contributed by atoms with Crippen molar-refractivity contribution in [3.8, 4) is 0 Å².